The SMILES string of the molecule is CC[C@@H](C(=O)Nc1cccnc1)n1cnc2ccccc2c1=O. The molecule has 6 heteroatoms. The van der Waals surface area contributed by atoms with E-state index in [4.69, 9.17) is 0 Å². The van der Waals surface area contributed by atoms with E-state index in [1.54, 1.807) is 42.7 Å². The minimum atomic E-state index is -0.625. The zero-order chi connectivity index (χ0) is 16.2. The van der Waals surface area contributed by atoms with Gasteiger partial charge in [-0.15, -0.1) is 0 Å². The zero-order valence-corrected chi connectivity index (χ0v) is 12.6. The maximum atomic E-state index is 12.6. The van der Waals surface area contributed by atoms with E-state index in [-0.39, 0.29) is 11.5 Å². The van der Waals surface area contributed by atoms with Crippen molar-refractivity contribution in [3.8, 4) is 0 Å². The third-order valence-corrected chi connectivity index (χ3v) is 3.64. The van der Waals surface area contributed by atoms with Crippen LogP contribution < -0.4 is 10.9 Å². The molecule has 0 saturated carbocycles. The van der Waals surface area contributed by atoms with Gasteiger partial charge in [0.25, 0.3) is 5.56 Å². The maximum Gasteiger partial charge on any atom is 0.261 e. The quantitative estimate of drug-likeness (QED) is 0.803. The second kappa shape index (κ2) is 6.39. The first-order chi connectivity index (χ1) is 11.2. The highest BCUT2D eigenvalue weighted by atomic mass is 16.2. The number of aromatic nitrogens is 3. The van der Waals surface area contributed by atoms with Crippen molar-refractivity contribution in [1.82, 2.24) is 14.5 Å². The summed E-state index contributed by atoms with van der Waals surface area (Å²) in [7, 11) is 0. The predicted octanol–water partition coefficient (Wildman–Crippen LogP) is 2.38. The van der Waals surface area contributed by atoms with Crippen LogP contribution in [0.1, 0.15) is 19.4 Å². The zero-order valence-electron chi connectivity index (χ0n) is 12.6. The summed E-state index contributed by atoms with van der Waals surface area (Å²) in [4.78, 5) is 33.4. The lowest BCUT2D eigenvalue weighted by molar-refractivity contribution is -0.119. The summed E-state index contributed by atoms with van der Waals surface area (Å²) in [5.74, 6) is -0.264. The third kappa shape index (κ3) is 2.96. The molecule has 1 amide bonds. The highest BCUT2D eigenvalue weighted by Gasteiger charge is 2.20. The van der Waals surface area contributed by atoms with Crippen molar-refractivity contribution in [2.75, 3.05) is 5.32 Å². The summed E-state index contributed by atoms with van der Waals surface area (Å²) in [5.41, 5.74) is 0.998. The number of carbonyl (C=O) groups is 1. The lowest BCUT2D eigenvalue weighted by Crippen LogP contribution is -2.33. The van der Waals surface area contributed by atoms with Gasteiger partial charge < -0.3 is 5.32 Å². The molecule has 6 nitrogen and oxygen atoms in total. The summed E-state index contributed by atoms with van der Waals surface area (Å²) >= 11 is 0. The minimum absolute atomic E-state index is 0.219. The summed E-state index contributed by atoms with van der Waals surface area (Å²) in [6, 6.07) is 9.96. The van der Waals surface area contributed by atoms with Crippen molar-refractivity contribution in [3.05, 3.63) is 65.5 Å². The van der Waals surface area contributed by atoms with Crippen LogP contribution in [-0.2, 0) is 4.79 Å². The third-order valence-electron chi connectivity index (χ3n) is 3.64. The fraction of sp³-hybridized carbons (Fsp3) is 0.176. The first kappa shape index (κ1) is 14.9. The number of carbonyl (C=O) groups excluding carboxylic acids is 1. The molecule has 0 fully saturated rings. The van der Waals surface area contributed by atoms with Gasteiger partial charge in [0.1, 0.15) is 6.04 Å². The number of anilines is 1. The molecular weight excluding hydrogens is 292 g/mol. The van der Waals surface area contributed by atoms with E-state index in [0.717, 1.165) is 0 Å². The normalized spacial score (nSPS) is 12.0. The van der Waals surface area contributed by atoms with Crippen LogP contribution >= 0.6 is 0 Å². The number of benzene rings is 1. The second-order valence-corrected chi connectivity index (χ2v) is 5.13. The van der Waals surface area contributed by atoms with Gasteiger partial charge in [-0.05, 0) is 30.7 Å². The maximum absolute atomic E-state index is 12.6. The highest BCUT2D eigenvalue weighted by Crippen LogP contribution is 2.14. The van der Waals surface area contributed by atoms with Crippen LogP contribution in [0.25, 0.3) is 10.9 Å². The van der Waals surface area contributed by atoms with Crippen molar-refractivity contribution >= 4 is 22.5 Å². The second-order valence-electron chi connectivity index (χ2n) is 5.13. The smallest absolute Gasteiger partial charge is 0.261 e. The van der Waals surface area contributed by atoms with E-state index in [2.05, 4.69) is 15.3 Å². The number of nitrogens with zero attached hydrogens (tertiary/aromatic N) is 3. The van der Waals surface area contributed by atoms with Gasteiger partial charge in [0.15, 0.2) is 0 Å². The van der Waals surface area contributed by atoms with Gasteiger partial charge in [-0.25, -0.2) is 4.98 Å². The van der Waals surface area contributed by atoms with Crippen LogP contribution in [-0.4, -0.2) is 20.4 Å². The molecule has 2 aromatic heterocycles. The number of fused-ring (bicyclic) bond motifs is 1. The Morgan fingerprint density at radius 2 is 2.09 bits per heavy atom. The van der Waals surface area contributed by atoms with E-state index < -0.39 is 6.04 Å². The number of hydrogen-bond donors (Lipinski definition) is 1. The van der Waals surface area contributed by atoms with Gasteiger partial charge in [-0.2, -0.15) is 0 Å². The number of nitrogens with one attached hydrogen (secondary N) is 1. The Kier molecular flexibility index (Phi) is 4.14. The van der Waals surface area contributed by atoms with Crippen LogP contribution in [0.2, 0.25) is 0 Å². The van der Waals surface area contributed by atoms with Crippen LogP contribution in [0.15, 0.2) is 59.9 Å². The largest absolute Gasteiger partial charge is 0.323 e. The molecule has 1 N–H and O–H groups in total. The monoisotopic (exact) mass is 308 g/mol. The van der Waals surface area contributed by atoms with Gasteiger partial charge in [-0.1, -0.05) is 19.1 Å². The van der Waals surface area contributed by atoms with Crippen LogP contribution in [0, 0.1) is 0 Å². The van der Waals surface area contributed by atoms with Gasteiger partial charge in [0.2, 0.25) is 5.91 Å². The van der Waals surface area contributed by atoms with Crippen molar-refractivity contribution in [3.63, 3.8) is 0 Å². The number of hydrogen-bond acceptors (Lipinski definition) is 4. The first-order valence-corrected chi connectivity index (χ1v) is 7.37. The molecule has 1 atom stereocenters. The van der Waals surface area contributed by atoms with Crippen molar-refractivity contribution in [1.29, 1.82) is 0 Å². The summed E-state index contributed by atoms with van der Waals surface area (Å²) in [6.45, 7) is 1.86. The van der Waals surface area contributed by atoms with Crippen LogP contribution in [0.3, 0.4) is 0 Å². The molecule has 0 bridgehead atoms. The first-order valence-electron chi connectivity index (χ1n) is 7.37. The number of pyridine rings is 1. The molecule has 3 rings (SSSR count). The van der Waals surface area contributed by atoms with E-state index in [1.165, 1.54) is 10.9 Å². The van der Waals surface area contributed by atoms with Gasteiger partial charge in [-0.3, -0.25) is 19.1 Å². The number of para-hydroxylation sites is 1. The molecule has 2 heterocycles. The molecule has 1 aromatic carbocycles. The average Bonchev–Trinajstić information content (AvgIpc) is 2.58. The Bertz CT molecular complexity index is 890. The topological polar surface area (TPSA) is 76.9 Å². The molecule has 0 saturated heterocycles. The Morgan fingerprint density at radius 1 is 1.26 bits per heavy atom. The Morgan fingerprint density at radius 3 is 2.83 bits per heavy atom. The van der Waals surface area contributed by atoms with Gasteiger partial charge in [0.05, 0.1) is 29.1 Å². The van der Waals surface area contributed by atoms with E-state index >= 15 is 0 Å². The lowest BCUT2D eigenvalue weighted by Gasteiger charge is -2.17. The molecule has 0 aliphatic heterocycles. The average molecular weight is 308 g/mol. The number of rotatable bonds is 4. The molecule has 0 radical (unpaired) electrons. The Balaban J connectivity index is 1.96. The molecule has 3 aromatic rings. The molecule has 0 aliphatic rings. The van der Waals surface area contributed by atoms with Crippen LogP contribution in [0.4, 0.5) is 5.69 Å². The fourth-order valence-corrected chi connectivity index (χ4v) is 2.48. The summed E-state index contributed by atoms with van der Waals surface area (Å²) in [5, 5.41) is 3.28. The Hall–Kier alpha value is -3.02. The van der Waals surface area contributed by atoms with E-state index in [9.17, 15) is 9.59 Å². The standard InChI is InChI=1S/C17H16N4O2/c1-2-15(16(22)20-12-6-5-9-18-10-12)21-11-19-14-8-4-3-7-13(14)17(21)23/h3-11,15H,2H2,1H3,(H,20,22)/t15-/m0/s1. The van der Waals surface area contributed by atoms with Crippen molar-refractivity contribution in [2.45, 2.75) is 19.4 Å². The molecule has 0 unspecified atom stereocenters. The molecule has 116 valence electrons. The fourth-order valence-electron chi connectivity index (χ4n) is 2.48. The van der Waals surface area contributed by atoms with E-state index in [1.807, 2.05) is 13.0 Å². The Labute approximate surface area is 132 Å². The molecule has 0 aliphatic carbocycles. The van der Waals surface area contributed by atoms with Crippen molar-refractivity contribution < 1.29 is 4.79 Å². The number of amides is 1. The molecule has 0 spiro atoms. The minimum Gasteiger partial charge on any atom is -0.323 e. The predicted molar refractivity (Wildman–Crippen MR) is 88.2 cm³/mol. The van der Waals surface area contributed by atoms with Gasteiger partial charge in [0, 0.05) is 6.20 Å². The molecule has 23 heavy (non-hydrogen) atoms. The van der Waals surface area contributed by atoms with Gasteiger partial charge >= 0.3 is 0 Å². The summed E-state index contributed by atoms with van der Waals surface area (Å²) in [6.07, 6.45) is 5.10. The summed E-state index contributed by atoms with van der Waals surface area (Å²) < 4.78 is 1.38. The van der Waals surface area contributed by atoms with Crippen LogP contribution in [0.5, 0.6) is 0 Å². The molecular formula is C17H16N4O2. The van der Waals surface area contributed by atoms with Crippen molar-refractivity contribution in [2.24, 2.45) is 0 Å². The van der Waals surface area contributed by atoms with E-state index in [0.29, 0.717) is 23.0 Å². The lowest BCUT2D eigenvalue weighted by atomic mass is 10.2. The highest BCUT2D eigenvalue weighted by molar-refractivity contribution is 5.93.